The van der Waals surface area contributed by atoms with Crippen LogP contribution < -0.4 is 0 Å². The molecule has 0 aliphatic heterocycles. The molecule has 0 spiro atoms. The molecule has 5 heteroatoms. The lowest BCUT2D eigenvalue weighted by Gasteiger charge is -2.14. The molecule has 0 aliphatic rings. The Labute approximate surface area is 350 Å². The predicted molar refractivity (Wildman–Crippen MR) is 252 cm³/mol. The molecular weight excluding hydrogens is 745 g/mol. The van der Waals surface area contributed by atoms with Gasteiger partial charge in [0.15, 0.2) is 0 Å². The number of nitrogens with zero attached hydrogens (tertiary/aromatic N) is 4. The Balaban J connectivity index is 1.15. The fourth-order valence-electron chi connectivity index (χ4n) is 9.56. The zero-order chi connectivity index (χ0) is 40.0. The molecule has 13 aromatic rings. The van der Waals surface area contributed by atoms with Crippen molar-refractivity contribution in [2.45, 2.75) is 0 Å². The molecule has 0 N–H and O–H groups in total. The van der Waals surface area contributed by atoms with Crippen LogP contribution in [0.25, 0.3) is 122 Å². The number of furan rings is 1. The van der Waals surface area contributed by atoms with Gasteiger partial charge in [-0.3, -0.25) is 4.57 Å². The summed E-state index contributed by atoms with van der Waals surface area (Å²) in [5.41, 5.74) is 14.5. The lowest BCUT2D eigenvalue weighted by atomic mass is 10.0. The molecule has 61 heavy (non-hydrogen) atoms. The number of hydrogen-bond acceptors (Lipinski definition) is 3. The summed E-state index contributed by atoms with van der Waals surface area (Å²) in [6, 6.07) is 73.0. The van der Waals surface area contributed by atoms with Gasteiger partial charge in [-0.25, -0.2) is 9.97 Å². The second-order valence-corrected chi connectivity index (χ2v) is 15.7. The van der Waals surface area contributed by atoms with E-state index in [0.717, 1.165) is 93.6 Å². The quantitative estimate of drug-likeness (QED) is 0.175. The average Bonchev–Trinajstić information content (AvgIpc) is 4.00. The molecule has 0 saturated carbocycles. The van der Waals surface area contributed by atoms with Crippen LogP contribution in [0.5, 0.6) is 0 Å². The van der Waals surface area contributed by atoms with E-state index in [1.165, 1.54) is 22.1 Å². The second kappa shape index (κ2) is 13.1. The van der Waals surface area contributed by atoms with Gasteiger partial charge in [-0.15, -0.1) is 0 Å². The van der Waals surface area contributed by atoms with E-state index >= 15 is 0 Å². The molecule has 9 aromatic carbocycles. The topological polar surface area (TPSA) is 48.8 Å². The van der Waals surface area contributed by atoms with Crippen molar-refractivity contribution in [3.8, 4) is 45.1 Å². The van der Waals surface area contributed by atoms with Gasteiger partial charge in [-0.2, -0.15) is 0 Å². The first-order valence-electron chi connectivity index (χ1n) is 20.7. The van der Waals surface area contributed by atoms with Crippen molar-refractivity contribution < 1.29 is 4.42 Å². The summed E-state index contributed by atoms with van der Waals surface area (Å²) in [6.07, 6.45) is 0. The van der Waals surface area contributed by atoms with E-state index in [9.17, 15) is 0 Å². The monoisotopic (exact) mass is 778 g/mol. The Morgan fingerprint density at radius 3 is 1.66 bits per heavy atom. The van der Waals surface area contributed by atoms with Gasteiger partial charge in [-0.1, -0.05) is 164 Å². The Kier molecular flexibility index (Phi) is 7.24. The largest absolute Gasteiger partial charge is 0.455 e. The van der Waals surface area contributed by atoms with Gasteiger partial charge in [0.1, 0.15) is 11.2 Å². The molecular formula is C56H34N4O. The molecule has 13 rings (SSSR count). The van der Waals surface area contributed by atoms with Crippen LogP contribution in [0.4, 0.5) is 0 Å². The zero-order valence-electron chi connectivity index (χ0n) is 32.8. The van der Waals surface area contributed by atoms with Crippen LogP contribution in [0.2, 0.25) is 0 Å². The van der Waals surface area contributed by atoms with Crippen LogP contribution in [0.3, 0.4) is 0 Å². The van der Waals surface area contributed by atoms with E-state index in [-0.39, 0.29) is 0 Å². The Bertz CT molecular complexity index is 3840. The highest BCUT2D eigenvalue weighted by atomic mass is 16.3. The minimum Gasteiger partial charge on any atom is -0.455 e. The Morgan fingerprint density at radius 1 is 0.344 bits per heavy atom. The van der Waals surface area contributed by atoms with Gasteiger partial charge in [0.05, 0.1) is 38.7 Å². The highest BCUT2D eigenvalue weighted by molar-refractivity contribution is 6.29. The van der Waals surface area contributed by atoms with Crippen molar-refractivity contribution in [2.24, 2.45) is 0 Å². The first-order chi connectivity index (χ1) is 30.3. The number of rotatable bonds is 5. The maximum Gasteiger partial charge on any atom is 0.235 e. The number of aromatic nitrogens is 4. The summed E-state index contributed by atoms with van der Waals surface area (Å²) in [5.74, 6) is 0.597. The van der Waals surface area contributed by atoms with E-state index in [1.807, 2.05) is 6.07 Å². The molecule has 0 bridgehead atoms. The third kappa shape index (κ3) is 5.08. The van der Waals surface area contributed by atoms with Gasteiger partial charge in [0.2, 0.25) is 5.95 Å². The Morgan fingerprint density at radius 2 is 0.902 bits per heavy atom. The smallest absolute Gasteiger partial charge is 0.235 e. The van der Waals surface area contributed by atoms with Gasteiger partial charge < -0.3 is 8.98 Å². The van der Waals surface area contributed by atoms with Gasteiger partial charge in [0, 0.05) is 43.6 Å². The first kappa shape index (κ1) is 33.7. The van der Waals surface area contributed by atoms with E-state index < -0.39 is 0 Å². The van der Waals surface area contributed by atoms with E-state index in [1.54, 1.807) is 0 Å². The SMILES string of the molecule is c1ccc(-c2ccc(-c3nc(-n4c5ccc6c7ccccc7oc6c5c5ccc6c7ccccc7n(-c7ccc(-c8ccccc8)cc7)c6c54)nc4ccccc34)cc2)cc1. The third-order valence-electron chi connectivity index (χ3n) is 12.4. The van der Waals surface area contributed by atoms with Crippen LogP contribution in [0.1, 0.15) is 0 Å². The Hall–Kier alpha value is -8.28. The molecule has 4 heterocycles. The number of fused-ring (bicyclic) bond motifs is 12. The van der Waals surface area contributed by atoms with Crippen molar-refractivity contribution in [2.75, 3.05) is 0 Å². The zero-order valence-corrected chi connectivity index (χ0v) is 32.8. The lowest BCUT2D eigenvalue weighted by Crippen LogP contribution is -2.05. The molecule has 0 radical (unpaired) electrons. The van der Waals surface area contributed by atoms with Crippen LogP contribution >= 0.6 is 0 Å². The predicted octanol–water partition coefficient (Wildman–Crippen LogP) is 14.7. The van der Waals surface area contributed by atoms with Crippen molar-refractivity contribution >= 4 is 76.5 Å². The van der Waals surface area contributed by atoms with Crippen LogP contribution in [-0.4, -0.2) is 19.1 Å². The number of hydrogen-bond donors (Lipinski definition) is 0. The minimum absolute atomic E-state index is 0.597. The maximum absolute atomic E-state index is 6.81. The van der Waals surface area contributed by atoms with Crippen LogP contribution in [0.15, 0.2) is 211 Å². The normalized spacial score (nSPS) is 11.9. The summed E-state index contributed by atoms with van der Waals surface area (Å²) in [5, 5.41) is 7.61. The number of para-hydroxylation sites is 3. The lowest BCUT2D eigenvalue weighted by molar-refractivity contribution is 0.673. The molecule has 0 fully saturated rings. The summed E-state index contributed by atoms with van der Waals surface area (Å²) in [7, 11) is 0. The first-order valence-corrected chi connectivity index (χ1v) is 20.7. The van der Waals surface area contributed by atoms with Crippen molar-refractivity contribution in [3.63, 3.8) is 0 Å². The molecule has 0 amide bonds. The van der Waals surface area contributed by atoms with Gasteiger partial charge in [-0.05, 0) is 64.7 Å². The van der Waals surface area contributed by atoms with E-state index in [2.05, 4.69) is 209 Å². The highest BCUT2D eigenvalue weighted by Crippen LogP contribution is 2.45. The summed E-state index contributed by atoms with van der Waals surface area (Å²) < 4.78 is 11.5. The molecule has 0 saturated heterocycles. The summed E-state index contributed by atoms with van der Waals surface area (Å²) >= 11 is 0. The highest BCUT2D eigenvalue weighted by Gasteiger charge is 2.26. The fraction of sp³-hybridized carbons (Fsp3) is 0. The van der Waals surface area contributed by atoms with E-state index in [4.69, 9.17) is 14.4 Å². The van der Waals surface area contributed by atoms with Crippen LogP contribution in [0, 0.1) is 0 Å². The molecule has 0 atom stereocenters. The second-order valence-electron chi connectivity index (χ2n) is 15.7. The van der Waals surface area contributed by atoms with Crippen molar-refractivity contribution in [1.82, 2.24) is 19.1 Å². The van der Waals surface area contributed by atoms with Crippen molar-refractivity contribution in [3.05, 3.63) is 206 Å². The minimum atomic E-state index is 0.597. The summed E-state index contributed by atoms with van der Waals surface area (Å²) in [4.78, 5) is 11.0. The summed E-state index contributed by atoms with van der Waals surface area (Å²) in [6.45, 7) is 0. The average molecular weight is 779 g/mol. The standard InChI is InChI=1S/C56H34N4O/c1-3-13-35(14-4-1)37-23-25-39(26-24-37)52-45-19-7-10-20-47(45)57-56(58-52)60-49-34-33-44-42-18-9-12-22-50(42)61-55(44)51(49)46-32-31-43-41-17-8-11-21-48(41)59(53(43)54(46)60)40-29-27-38(28-30-40)36-15-5-2-6-16-36/h1-34H. The number of benzene rings is 9. The molecule has 4 aromatic heterocycles. The third-order valence-corrected chi connectivity index (χ3v) is 12.4. The molecule has 0 unspecified atom stereocenters. The van der Waals surface area contributed by atoms with Crippen molar-refractivity contribution in [1.29, 1.82) is 0 Å². The molecule has 5 nitrogen and oxygen atoms in total. The molecule has 0 aliphatic carbocycles. The molecule has 284 valence electrons. The maximum atomic E-state index is 6.81. The van der Waals surface area contributed by atoms with Gasteiger partial charge >= 0.3 is 0 Å². The fourth-order valence-corrected chi connectivity index (χ4v) is 9.56. The van der Waals surface area contributed by atoms with Crippen LogP contribution in [-0.2, 0) is 0 Å². The van der Waals surface area contributed by atoms with E-state index in [0.29, 0.717) is 5.95 Å². The van der Waals surface area contributed by atoms with Gasteiger partial charge in [0.25, 0.3) is 0 Å².